The van der Waals surface area contributed by atoms with Crippen LogP contribution in [0.15, 0.2) is 59.7 Å². The fraction of sp³-hybridized carbons (Fsp3) is 0.400. The van der Waals surface area contributed by atoms with E-state index in [1.165, 1.54) is 12.4 Å². The summed E-state index contributed by atoms with van der Waals surface area (Å²) in [6, 6.07) is 13.9. The van der Waals surface area contributed by atoms with Gasteiger partial charge in [0.25, 0.3) is 5.56 Å². The molecule has 0 amide bonds. The maximum absolute atomic E-state index is 13.5. The van der Waals surface area contributed by atoms with Gasteiger partial charge in [0.2, 0.25) is 0 Å². The van der Waals surface area contributed by atoms with Crippen molar-refractivity contribution in [1.29, 1.82) is 0 Å². The Hall–Kier alpha value is -2.99. The summed E-state index contributed by atoms with van der Waals surface area (Å²) >= 11 is 0. The van der Waals surface area contributed by atoms with Gasteiger partial charge in [-0.05, 0) is 43.4 Å². The van der Waals surface area contributed by atoms with Crippen LogP contribution in [-0.4, -0.2) is 21.0 Å². The number of pyridine rings is 1. The summed E-state index contributed by atoms with van der Waals surface area (Å²) in [5.41, 5.74) is 4.16. The Labute approximate surface area is 183 Å². The Kier molecular flexibility index (Phi) is 6.47. The van der Waals surface area contributed by atoms with E-state index in [-0.39, 0.29) is 11.6 Å². The quantitative estimate of drug-likeness (QED) is 0.416. The average Bonchev–Trinajstić information content (AvgIpc) is 3.27. The predicted octanol–water partition coefficient (Wildman–Crippen LogP) is 3.39. The highest BCUT2D eigenvalue weighted by Gasteiger charge is 2.27. The van der Waals surface area contributed by atoms with Crippen molar-refractivity contribution < 1.29 is 4.73 Å². The van der Waals surface area contributed by atoms with Crippen molar-refractivity contribution in [3.8, 4) is 0 Å². The van der Waals surface area contributed by atoms with Crippen molar-refractivity contribution >= 4 is 0 Å². The van der Waals surface area contributed by atoms with Crippen molar-refractivity contribution in [2.24, 2.45) is 0 Å². The van der Waals surface area contributed by atoms with Crippen LogP contribution in [0.2, 0.25) is 0 Å². The van der Waals surface area contributed by atoms with Crippen molar-refractivity contribution in [3.63, 3.8) is 0 Å². The van der Waals surface area contributed by atoms with Crippen LogP contribution in [0.25, 0.3) is 0 Å². The van der Waals surface area contributed by atoms with Crippen LogP contribution >= 0.6 is 0 Å². The van der Waals surface area contributed by atoms with E-state index in [0.29, 0.717) is 13.1 Å². The van der Waals surface area contributed by atoms with Gasteiger partial charge in [0.15, 0.2) is 12.4 Å². The topological polar surface area (TPSA) is 65.1 Å². The molecule has 0 bridgehead atoms. The van der Waals surface area contributed by atoms with E-state index in [9.17, 15) is 10.0 Å². The maximum Gasteiger partial charge on any atom is 0.257 e. The second-order valence-corrected chi connectivity index (χ2v) is 8.18. The molecule has 4 rings (SSSR count). The number of aromatic nitrogens is 3. The molecule has 1 aliphatic rings. The highest BCUT2D eigenvalue weighted by molar-refractivity contribution is 5.26. The summed E-state index contributed by atoms with van der Waals surface area (Å²) in [6.45, 7) is 6.34. The molecular weight excluding hydrogens is 388 g/mol. The lowest BCUT2D eigenvalue weighted by atomic mass is 10.1. The minimum atomic E-state index is 0.0203. The van der Waals surface area contributed by atoms with Gasteiger partial charge in [0.05, 0.1) is 18.3 Å². The third-order valence-corrected chi connectivity index (χ3v) is 6.19. The highest BCUT2D eigenvalue weighted by atomic mass is 16.5. The molecule has 162 valence electrons. The third kappa shape index (κ3) is 4.54. The summed E-state index contributed by atoms with van der Waals surface area (Å²) in [7, 11) is 0. The highest BCUT2D eigenvalue weighted by Crippen LogP contribution is 2.27. The lowest BCUT2D eigenvalue weighted by Crippen LogP contribution is -2.36. The smallest absolute Gasteiger partial charge is 0.257 e. The van der Waals surface area contributed by atoms with Gasteiger partial charge in [-0.25, -0.2) is 4.98 Å². The average molecular weight is 419 g/mol. The minimum absolute atomic E-state index is 0.0203. The van der Waals surface area contributed by atoms with E-state index in [1.807, 2.05) is 34.9 Å². The van der Waals surface area contributed by atoms with Gasteiger partial charge in [0, 0.05) is 24.2 Å². The largest absolute Gasteiger partial charge is 0.619 e. The van der Waals surface area contributed by atoms with Crippen LogP contribution in [0.1, 0.15) is 60.9 Å². The lowest BCUT2D eigenvalue weighted by Gasteiger charge is -2.31. The van der Waals surface area contributed by atoms with E-state index in [1.54, 1.807) is 0 Å². The minimum Gasteiger partial charge on any atom is -0.619 e. The first-order valence-corrected chi connectivity index (χ1v) is 11.2. The number of nitrogens with zero attached hydrogens (tertiary/aromatic N) is 4. The molecule has 1 atom stereocenters. The molecular formula is C25H30N4O2. The molecule has 1 aliphatic carbocycles. The fourth-order valence-electron chi connectivity index (χ4n) is 4.55. The zero-order valence-electron chi connectivity index (χ0n) is 18.3. The standard InChI is InChI=1S/C25H30N4O2/c1-3-23(27(4-2)17-20-13-15-28(31)16-14-20)24-26-22-12-8-11-21(22)25(30)29(24)18-19-9-6-5-7-10-19/h5-7,9-10,13-16,23H,3-4,8,11-12,17-18H2,1-2H3. The normalized spacial score (nSPS) is 14.0. The van der Waals surface area contributed by atoms with Gasteiger partial charge >= 0.3 is 0 Å². The van der Waals surface area contributed by atoms with Gasteiger partial charge in [-0.3, -0.25) is 14.3 Å². The van der Waals surface area contributed by atoms with Crippen molar-refractivity contribution in [2.45, 2.75) is 58.7 Å². The molecule has 1 unspecified atom stereocenters. The summed E-state index contributed by atoms with van der Waals surface area (Å²) in [5, 5.41) is 11.4. The van der Waals surface area contributed by atoms with E-state index < -0.39 is 0 Å². The molecule has 1 aromatic carbocycles. The third-order valence-electron chi connectivity index (χ3n) is 6.19. The van der Waals surface area contributed by atoms with Gasteiger partial charge in [-0.15, -0.1) is 0 Å². The van der Waals surface area contributed by atoms with Crippen molar-refractivity contribution in [1.82, 2.24) is 14.5 Å². The molecule has 31 heavy (non-hydrogen) atoms. The molecule has 6 heteroatoms. The van der Waals surface area contributed by atoms with Gasteiger partial charge in [-0.2, -0.15) is 4.73 Å². The zero-order valence-corrected chi connectivity index (χ0v) is 18.3. The van der Waals surface area contributed by atoms with E-state index in [2.05, 4.69) is 30.9 Å². The van der Waals surface area contributed by atoms with E-state index >= 15 is 0 Å². The second-order valence-electron chi connectivity index (χ2n) is 8.18. The molecule has 6 nitrogen and oxygen atoms in total. The summed E-state index contributed by atoms with van der Waals surface area (Å²) in [5.74, 6) is 0.855. The molecule has 0 aliphatic heterocycles. The fourth-order valence-corrected chi connectivity index (χ4v) is 4.55. The molecule has 3 aromatic rings. The number of rotatable bonds is 8. The van der Waals surface area contributed by atoms with Crippen LogP contribution in [-0.2, 0) is 25.9 Å². The van der Waals surface area contributed by atoms with Crippen LogP contribution in [0.4, 0.5) is 0 Å². The second kappa shape index (κ2) is 9.43. The monoisotopic (exact) mass is 418 g/mol. The van der Waals surface area contributed by atoms with Crippen molar-refractivity contribution in [3.05, 3.63) is 98.6 Å². The molecule has 0 radical (unpaired) electrons. The number of hydrogen-bond donors (Lipinski definition) is 0. The Morgan fingerprint density at radius 3 is 2.52 bits per heavy atom. The Balaban J connectivity index is 1.75. The summed E-state index contributed by atoms with van der Waals surface area (Å²) < 4.78 is 2.70. The number of aryl methyl sites for hydroxylation is 1. The van der Waals surface area contributed by atoms with Gasteiger partial charge in [0.1, 0.15) is 5.82 Å². The predicted molar refractivity (Wildman–Crippen MR) is 121 cm³/mol. The lowest BCUT2D eigenvalue weighted by molar-refractivity contribution is -0.605. The maximum atomic E-state index is 13.5. The van der Waals surface area contributed by atoms with Crippen LogP contribution in [0.5, 0.6) is 0 Å². The zero-order chi connectivity index (χ0) is 21.8. The molecule has 0 N–H and O–H groups in total. The molecule has 0 saturated heterocycles. The molecule has 0 saturated carbocycles. The first kappa shape index (κ1) is 21.2. The molecule has 2 aromatic heterocycles. The Morgan fingerprint density at radius 2 is 1.84 bits per heavy atom. The number of benzene rings is 1. The molecule has 0 fully saturated rings. The number of hydrogen-bond acceptors (Lipinski definition) is 4. The van der Waals surface area contributed by atoms with Crippen LogP contribution in [0, 0.1) is 5.21 Å². The van der Waals surface area contributed by atoms with Crippen molar-refractivity contribution in [2.75, 3.05) is 6.54 Å². The van der Waals surface area contributed by atoms with Crippen LogP contribution < -0.4 is 10.3 Å². The first-order chi connectivity index (χ1) is 15.1. The summed E-state index contributed by atoms with van der Waals surface area (Å²) in [4.78, 5) is 20.9. The van der Waals surface area contributed by atoms with Gasteiger partial charge in [-0.1, -0.05) is 44.2 Å². The first-order valence-electron chi connectivity index (χ1n) is 11.2. The SMILES string of the molecule is CCC(c1nc2c(c(=O)n1Cc1ccccc1)CCC2)N(CC)Cc1cc[n+]([O-])cc1. The number of fused-ring (bicyclic) bond motifs is 1. The Morgan fingerprint density at radius 1 is 1.10 bits per heavy atom. The Bertz CT molecular complexity index is 1080. The summed E-state index contributed by atoms with van der Waals surface area (Å²) in [6.07, 6.45) is 6.62. The molecule has 2 heterocycles. The van der Waals surface area contributed by atoms with Gasteiger partial charge < -0.3 is 5.21 Å². The molecule has 0 spiro atoms. The van der Waals surface area contributed by atoms with Crippen LogP contribution in [0.3, 0.4) is 0 Å². The van der Waals surface area contributed by atoms with E-state index in [4.69, 9.17) is 4.98 Å². The van der Waals surface area contributed by atoms with E-state index in [0.717, 1.165) is 65.2 Å².